The number of amides is 2. The fourth-order valence-electron chi connectivity index (χ4n) is 3.75. The molecule has 0 aliphatic carbocycles. The Morgan fingerprint density at radius 2 is 1.70 bits per heavy atom. The number of likely N-dealkylation sites (tertiary alicyclic amines) is 1. The molecule has 0 atom stereocenters. The van der Waals surface area contributed by atoms with Gasteiger partial charge in [-0.25, -0.2) is 6.54 Å². The van der Waals surface area contributed by atoms with Crippen molar-refractivity contribution in [3.8, 4) is 0 Å². The number of nitrogens with one attached hydrogen (secondary N) is 1. The number of piperidine rings is 1. The number of carbonyl (C=O) groups excluding carboxylic acids is 3. The molecule has 2 aromatic rings. The second kappa shape index (κ2) is 10.2. The van der Waals surface area contributed by atoms with Crippen LogP contribution < -0.4 is 5.32 Å². The Hall–Kier alpha value is -2.18. The number of rotatable bonds is 4. The molecule has 0 saturated carbocycles. The second-order valence-electron chi connectivity index (χ2n) is 7.46. The Balaban J connectivity index is 0.00000256. The molecule has 0 aromatic heterocycles. The molecule has 0 spiro atoms. The van der Waals surface area contributed by atoms with E-state index in [-0.39, 0.29) is 50.3 Å². The average molecular weight is 479 g/mol. The Bertz CT molecular complexity index is 923. The van der Waals surface area contributed by atoms with Crippen molar-refractivity contribution in [3.63, 3.8) is 0 Å². The number of hydrogen-bond acceptors (Lipinski definition) is 4. The van der Waals surface area contributed by atoms with Gasteiger partial charge in [0.05, 0.1) is 5.56 Å². The molecule has 2 aliphatic heterocycles. The molecule has 1 radical (unpaired) electrons. The summed E-state index contributed by atoms with van der Waals surface area (Å²) in [6.07, 6.45) is 1.52. The molecule has 7 heteroatoms. The molecule has 0 unspecified atom stereocenters. The Labute approximate surface area is 201 Å². The average Bonchev–Trinajstić information content (AvgIpc) is 2.88. The van der Waals surface area contributed by atoms with Gasteiger partial charge in [0.15, 0.2) is 0 Å². The van der Waals surface area contributed by atoms with Gasteiger partial charge in [-0.2, -0.15) is 0 Å². The van der Waals surface area contributed by atoms with E-state index in [0.717, 1.165) is 17.7 Å². The number of Topliss-reactive ketones (excluding diaryl/α,β-unsaturated/α-hetero) is 1. The third-order valence-electron chi connectivity index (χ3n) is 5.39. The van der Waals surface area contributed by atoms with E-state index >= 15 is 0 Å². The Morgan fingerprint density at radius 3 is 2.43 bits per heavy atom. The van der Waals surface area contributed by atoms with Gasteiger partial charge in [0.1, 0.15) is 11.7 Å². The van der Waals surface area contributed by atoms with Gasteiger partial charge in [-0.15, -0.1) is 0 Å². The summed E-state index contributed by atoms with van der Waals surface area (Å²) in [5.41, 5.74) is 3.60. The molecule has 1 N–H and O–H groups in total. The zero-order valence-corrected chi connectivity index (χ0v) is 19.7. The first-order chi connectivity index (χ1) is 14.1. The van der Waals surface area contributed by atoms with E-state index in [1.54, 1.807) is 4.90 Å². The second-order valence-corrected chi connectivity index (χ2v) is 7.46. The molecule has 0 bridgehead atoms. The van der Waals surface area contributed by atoms with Crippen molar-refractivity contribution in [2.45, 2.75) is 19.3 Å². The first-order valence-corrected chi connectivity index (χ1v) is 9.97. The molecule has 30 heavy (non-hydrogen) atoms. The normalized spacial score (nSPS) is 16.1. The molecular formula is C23H24N3O3Y-. The van der Waals surface area contributed by atoms with E-state index in [0.29, 0.717) is 44.6 Å². The van der Waals surface area contributed by atoms with Crippen molar-refractivity contribution in [1.29, 1.82) is 0 Å². The van der Waals surface area contributed by atoms with E-state index in [9.17, 15) is 14.4 Å². The fraction of sp³-hybridized carbons (Fsp3) is 0.304. The van der Waals surface area contributed by atoms with Crippen molar-refractivity contribution in [2.24, 2.45) is 0 Å². The minimum Gasteiger partial charge on any atom is -0.463 e. The van der Waals surface area contributed by atoms with E-state index in [1.165, 1.54) is 17.0 Å². The predicted molar refractivity (Wildman–Crippen MR) is 110 cm³/mol. The number of fused-ring (bicyclic) bond motifs is 1. The van der Waals surface area contributed by atoms with Crippen LogP contribution in [0, 0.1) is 6.54 Å². The van der Waals surface area contributed by atoms with Crippen LogP contribution in [0.4, 0.5) is 5.69 Å². The van der Waals surface area contributed by atoms with Crippen LogP contribution in [0.3, 0.4) is 0 Å². The van der Waals surface area contributed by atoms with E-state index in [1.807, 2.05) is 36.4 Å². The Morgan fingerprint density at radius 1 is 0.967 bits per heavy atom. The van der Waals surface area contributed by atoms with Crippen LogP contribution in [0.1, 0.15) is 34.3 Å². The zero-order valence-electron chi connectivity index (χ0n) is 16.8. The maximum atomic E-state index is 13.1. The van der Waals surface area contributed by atoms with Crippen molar-refractivity contribution in [1.82, 2.24) is 9.80 Å². The third kappa shape index (κ3) is 5.29. The maximum absolute atomic E-state index is 13.1. The number of nitrogens with zero attached hydrogens (tertiary/aromatic N) is 2. The summed E-state index contributed by atoms with van der Waals surface area (Å²) in [4.78, 5) is 40.3. The van der Waals surface area contributed by atoms with Crippen LogP contribution >= 0.6 is 0 Å². The van der Waals surface area contributed by atoms with Crippen molar-refractivity contribution in [2.75, 3.05) is 31.5 Å². The summed E-state index contributed by atoms with van der Waals surface area (Å²) < 4.78 is 0. The number of anilines is 1. The summed E-state index contributed by atoms with van der Waals surface area (Å²) in [6, 6.07) is 16.0. The zero-order chi connectivity index (χ0) is 20.2. The van der Waals surface area contributed by atoms with Gasteiger partial charge < -0.3 is 19.9 Å². The molecule has 1 fully saturated rings. The minimum absolute atomic E-state index is 0. The number of carbonyl (C=O) groups is 3. The summed E-state index contributed by atoms with van der Waals surface area (Å²) in [5, 5.41) is 3.28. The summed E-state index contributed by atoms with van der Waals surface area (Å²) in [7, 11) is 0. The number of hydrogen-bond donors (Lipinski definition) is 1. The van der Waals surface area contributed by atoms with Crippen LogP contribution in [-0.2, 0) is 48.7 Å². The molecule has 4 rings (SSSR count). The first kappa shape index (κ1) is 22.5. The minimum atomic E-state index is -0.213. The van der Waals surface area contributed by atoms with Crippen LogP contribution in [0.15, 0.2) is 48.5 Å². The Kier molecular flexibility index (Phi) is 7.67. The molecule has 2 aromatic carbocycles. The van der Waals surface area contributed by atoms with Gasteiger partial charge in [-0.1, -0.05) is 36.4 Å². The maximum Gasteiger partial charge on any atom is 0.230 e. The van der Waals surface area contributed by atoms with Gasteiger partial charge >= 0.3 is 0 Å². The van der Waals surface area contributed by atoms with Crippen LogP contribution in [-0.4, -0.2) is 53.6 Å². The predicted octanol–water partition coefficient (Wildman–Crippen LogP) is 2.50. The first-order valence-electron chi connectivity index (χ1n) is 9.97. The smallest absolute Gasteiger partial charge is 0.230 e. The summed E-state index contributed by atoms with van der Waals surface area (Å²) in [6.45, 7) is 3.22. The molecule has 153 valence electrons. The monoisotopic (exact) mass is 479 g/mol. The topological polar surface area (TPSA) is 69.7 Å². The largest absolute Gasteiger partial charge is 0.463 e. The summed E-state index contributed by atoms with van der Waals surface area (Å²) in [5.74, 6) is -0.208. The fourth-order valence-corrected chi connectivity index (χ4v) is 3.75. The van der Waals surface area contributed by atoms with Crippen LogP contribution in [0.25, 0.3) is 0 Å². The third-order valence-corrected chi connectivity index (χ3v) is 5.39. The molecule has 2 heterocycles. The molecule has 1 saturated heterocycles. The van der Waals surface area contributed by atoms with E-state index in [4.69, 9.17) is 0 Å². The number of benzene rings is 2. The van der Waals surface area contributed by atoms with Gasteiger partial charge in [0.2, 0.25) is 5.91 Å². The van der Waals surface area contributed by atoms with Crippen molar-refractivity contribution >= 4 is 23.3 Å². The van der Waals surface area contributed by atoms with E-state index < -0.39 is 0 Å². The SMILES string of the molecule is O=C1CCN(C(=O)[CH-]N2CCNc3ccc(Cc4ccccc4)cc3C2=O)CC1.[Y]. The molecule has 6 nitrogen and oxygen atoms in total. The summed E-state index contributed by atoms with van der Waals surface area (Å²) >= 11 is 0. The quantitative estimate of drug-likeness (QED) is 0.685. The van der Waals surface area contributed by atoms with Crippen molar-refractivity contribution < 1.29 is 47.1 Å². The molecule has 2 amide bonds. The van der Waals surface area contributed by atoms with Gasteiger partial charge in [0.25, 0.3) is 0 Å². The van der Waals surface area contributed by atoms with E-state index in [2.05, 4.69) is 17.4 Å². The van der Waals surface area contributed by atoms with Gasteiger partial charge in [-0.05, 0) is 29.7 Å². The standard InChI is InChI=1S/C23H24N3O3.Y/c27-19-8-11-25(12-9-19)22(28)16-26-13-10-24-21-7-6-18(15-20(21)23(26)29)14-17-4-2-1-3-5-17;/h1-7,15-16,24H,8-14H2;/q-1;. The van der Waals surface area contributed by atoms with Gasteiger partial charge in [0, 0.05) is 77.4 Å². The molecular weight excluding hydrogens is 455 g/mol. The van der Waals surface area contributed by atoms with Crippen LogP contribution in [0.2, 0.25) is 0 Å². The van der Waals surface area contributed by atoms with Gasteiger partial charge in [-0.3, -0.25) is 9.59 Å². The number of ketones is 1. The van der Waals surface area contributed by atoms with Crippen LogP contribution in [0.5, 0.6) is 0 Å². The van der Waals surface area contributed by atoms with Crippen molar-refractivity contribution in [3.05, 3.63) is 71.8 Å². The molecule has 2 aliphatic rings.